The molecule has 0 aliphatic rings. The van der Waals surface area contributed by atoms with Crippen molar-refractivity contribution < 1.29 is 17.9 Å². The lowest BCUT2D eigenvalue weighted by atomic mass is 10.2. The van der Waals surface area contributed by atoms with Crippen molar-refractivity contribution >= 4 is 27.4 Å². The highest BCUT2D eigenvalue weighted by molar-refractivity contribution is 7.92. The summed E-state index contributed by atoms with van der Waals surface area (Å²) in [6, 6.07) is 5.32. The number of rotatable bonds is 6. The van der Waals surface area contributed by atoms with Crippen LogP contribution in [0.25, 0.3) is 0 Å². The minimum absolute atomic E-state index is 0.0482. The van der Waals surface area contributed by atoms with E-state index in [1.165, 1.54) is 0 Å². The molecule has 1 N–H and O–H groups in total. The van der Waals surface area contributed by atoms with E-state index in [9.17, 15) is 13.2 Å². The molecule has 148 valence electrons. The maximum absolute atomic E-state index is 13.1. The number of carbonyl (C=O) groups excluding carboxylic acids is 1. The van der Waals surface area contributed by atoms with Crippen molar-refractivity contribution in [2.45, 2.75) is 32.6 Å². The Morgan fingerprint density at radius 3 is 2.37 bits per heavy atom. The zero-order valence-electron chi connectivity index (χ0n) is 16.9. The molecule has 0 radical (unpaired) electrons. The van der Waals surface area contributed by atoms with Gasteiger partial charge in [0.25, 0.3) is 10.0 Å². The molecule has 27 heavy (non-hydrogen) atoms. The fourth-order valence-corrected chi connectivity index (χ4v) is 4.62. The monoisotopic (exact) mass is 393 g/mol. The summed E-state index contributed by atoms with van der Waals surface area (Å²) < 4.78 is 35.6. The Hall–Kier alpha value is -2.48. The Morgan fingerprint density at radius 2 is 1.81 bits per heavy atom. The molecule has 0 amide bonds. The van der Waals surface area contributed by atoms with Gasteiger partial charge in [0.2, 0.25) is 0 Å². The van der Waals surface area contributed by atoms with Crippen LogP contribution in [-0.4, -0.2) is 39.7 Å². The van der Waals surface area contributed by atoms with Gasteiger partial charge in [-0.25, -0.2) is 13.2 Å². The van der Waals surface area contributed by atoms with Crippen molar-refractivity contribution in [3.05, 3.63) is 40.7 Å². The average molecular weight is 394 g/mol. The van der Waals surface area contributed by atoms with E-state index in [0.29, 0.717) is 17.1 Å². The number of nitrogens with zero attached hydrogens (tertiary/aromatic N) is 2. The van der Waals surface area contributed by atoms with Gasteiger partial charge in [0.05, 0.1) is 12.3 Å². The summed E-state index contributed by atoms with van der Waals surface area (Å²) in [5.41, 5.74) is 3.46. The van der Waals surface area contributed by atoms with Gasteiger partial charge >= 0.3 is 5.97 Å². The number of benzene rings is 1. The van der Waals surface area contributed by atoms with Crippen LogP contribution in [0.15, 0.2) is 23.1 Å². The van der Waals surface area contributed by atoms with E-state index >= 15 is 0 Å². The maximum atomic E-state index is 13.1. The first-order valence-electron chi connectivity index (χ1n) is 8.65. The van der Waals surface area contributed by atoms with Crippen LogP contribution in [0.2, 0.25) is 0 Å². The molecular formula is C19H27N3O4S. The van der Waals surface area contributed by atoms with Crippen LogP contribution in [0.1, 0.15) is 34.2 Å². The molecule has 2 aromatic rings. The third kappa shape index (κ3) is 3.95. The van der Waals surface area contributed by atoms with Crippen LogP contribution in [0.5, 0.6) is 0 Å². The normalized spacial score (nSPS) is 11.4. The summed E-state index contributed by atoms with van der Waals surface area (Å²) in [5, 5.41) is 0. The first-order chi connectivity index (χ1) is 12.5. The molecule has 0 aliphatic heterocycles. The van der Waals surface area contributed by atoms with Gasteiger partial charge in [0, 0.05) is 38.2 Å². The molecule has 0 spiro atoms. The van der Waals surface area contributed by atoms with E-state index in [1.54, 1.807) is 44.5 Å². The maximum Gasteiger partial charge on any atom is 0.341 e. The standard InChI is InChI=1S/C19H27N3O4S/c1-8-26-19(23)17-13(3)22(7)14(4)18(17)27(24,25)20-15-10-9-12(2)16(11-15)21(5)6/h9-11,20H,8H2,1-7H3. The van der Waals surface area contributed by atoms with Gasteiger partial charge in [0.1, 0.15) is 10.5 Å². The van der Waals surface area contributed by atoms with Crippen LogP contribution in [0.4, 0.5) is 11.4 Å². The van der Waals surface area contributed by atoms with Crippen molar-refractivity contribution in [2.24, 2.45) is 7.05 Å². The minimum atomic E-state index is -3.99. The fourth-order valence-electron chi connectivity index (χ4n) is 3.05. The van der Waals surface area contributed by atoms with Crippen molar-refractivity contribution in [2.75, 3.05) is 30.3 Å². The summed E-state index contributed by atoms with van der Waals surface area (Å²) in [6.07, 6.45) is 0. The summed E-state index contributed by atoms with van der Waals surface area (Å²) in [6.45, 7) is 7.18. The minimum Gasteiger partial charge on any atom is -0.462 e. The van der Waals surface area contributed by atoms with Crippen molar-refractivity contribution in [3.8, 4) is 0 Å². The van der Waals surface area contributed by atoms with E-state index < -0.39 is 16.0 Å². The van der Waals surface area contributed by atoms with Gasteiger partial charge in [-0.2, -0.15) is 0 Å². The Morgan fingerprint density at radius 1 is 1.19 bits per heavy atom. The molecular weight excluding hydrogens is 366 g/mol. The smallest absolute Gasteiger partial charge is 0.341 e. The number of hydrogen-bond donors (Lipinski definition) is 1. The molecule has 0 bridgehead atoms. The fraction of sp³-hybridized carbons (Fsp3) is 0.421. The highest BCUT2D eigenvalue weighted by Crippen LogP contribution is 2.30. The molecule has 0 saturated heterocycles. The Bertz CT molecular complexity index is 975. The highest BCUT2D eigenvalue weighted by atomic mass is 32.2. The van der Waals surface area contributed by atoms with E-state index in [-0.39, 0.29) is 17.1 Å². The lowest BCUT2D eigenvalue weighted by Gasteiger charge is -2.18. The van der Waals surface area contributed by atoms with Crippen molar-refractivity contribution in [3.63, 3.8) is 0 Å². The van der Waals surface area contributed by atoms with E-state index in [0.717, 1.165) is 11.3 Å². The number of aryl methyl sites for hydroxylation is 1. The van der Waals surface area contributed by atoms with E-state index in [4.69, 9.17) is 4.74 Å². The molecule has 0 saturated carbocycles. The number of nitrogens with one attached hydrogen (secondary N) is 1. The highest BCUT2D eigenvalue weighted by Gasteiger charge is 2.31. The number of esters is 1. The van der Waals surface area contributed by atoms with Crippen LogP contribution in [0, 0.1) is 20.8 Å². The van der Waals surface area contributed by atoms with Crippen LogP contribution in [-0.2, 0) is 21.8 Å². The number of sulfonamides is 1. The summed E-state index contributed by atoms with van der Waals surface area (Å²) in [4.78, 5) is 14.3. The largest absolute Gasteiger partial charge is 0.462 e. The van der Waals surface area contributed by atoms with Crippen LogP contribution >= 0.6 is 0 Å². The van der Waals surface area contributed by atoms with Gasteiger partial charge in [-0.15, -0.1) is 0 Å². The van der Waals surface area contributed by atoms with Crippen LogP contribution < -0.4 is 9.62 Å². The molecule has 0 fully saturated rings. The topological polar surface area (TPSA) is 80.6 Å². The van der Waals surface area contributed by atoms with Crippen LogP contribution in [0.3, 0.4) is 0 Å². The molecule has 0 unspecified atom stereocenters. The average Bonchev–Trinajstić information content (AvgIpc) is 2.81. The van der Waals surface area contributed by atoms with Crippen molar-refractivity contribution in [1.82, 2.24) is 4.57 Å². The third-order valence-electron chi connectivity index (χ3n) is 4.62. The van der Waals surface area contributed by atoms with E-state index in [1.807, 2.05) is 32.0 Å². The second-order valence-electron chi connectivity index (χ2n) is 6.66. The molecule has 2 rings (SSSR count). The first kappa shape index (κ1) is 20.8. The number of ether oxygens (including phenoxy) is 1. The van der Waals surface area contributed by atoms with Crippen molar-refractivity contribution in [1.29, 1.82) is 0 Å². The molecule has 7 nitrogen and oxygen atoms in total. The zero-order valence-corrected chi connectivity index (χ0v) is 17.7. The molecule has 0 aliphatic carbocycles. The molecule has 1 aromatic heterocycles. The Kier molecular flexibility index (Phi) is 5.89. The molecule has 1 heterocycles. The number of aromatic nitrogens is 1. The molecule has 1 aromatic carbocycles. The lowest BCUT2D eigenvalue weighted by Crippen LogP contribution is -2.18. The zero-order chi connectivity index (χ0) is 20.5. The summed E-state index contributed by atoms with van der Waals surface area (Å²) in [7, 11) is 1.53. The number of carbonyl (C=O) groups is 1. The second-order valence-corrected chi connectivity index (χ2v) is 8.27. The van der Waals surface area contributed by atoms with E-state index in [2.05, 4.69) is 4.72 Å². The van der Waals surface area contributed by atoms with Gasteiger partial charge in [0.15, 0.2) is 0 Å². The first-order valence-corrected chi connectivity index (χ1v) is 10.1. The third-order valence-corrected chi connectivity index (χ3v) is 6.16. The predicted octanol–water partition coefficient (Wildman–Crippen LogP) is 2.99. The predicted molar refractivity (Wildman–Crippen MR) is 107 cm³/mol. The summed E-state index contributed by atoms with van der Waals surface area (Å²) >= 11 is 0. The lowest BCUT2D eigenvalue weighted by molar-refractivity contribution is 0.0521. The van der Waals surface area contributed by atoms with Gasteiger partial charge in [-0.3, -0.25) is 4.72 Å². The molecule has 0 atom stereocenters. The SMILES string of the molecule is CCOC(=O)c1c(S(=O)(=O)Nc2ccc(C)c(N(C)C)c2)c(C)n(C)c1C. The van der Waals surface area contributed by atoms with Gasteiger partial charge in [-0.1, -0.05) is 6.07 Å². The quantitative estimate of drug-likeness (QED) is 0.763. The van der Waals surface area contributed by atoms with Gasteiger partial charge < -0.3 is 14.2 Å². The molecule has 8 heteroatoms. The van der Waals surface area contributed by atoms with Gasteiger partial charge in [-0.05, 0) is 45.4 Å². The number of hydrogen-bond acceptors (Lipinski definition) is 5. The number of anilines is 2. The summed E-state index contributed by atoms with van der Waals surface area (Å²) in [5.74, 6) is -0.642. The Labute approximate surface area is 161 Å². The Balaban J connectivity index is 2.56. The second kappa shape index (κ2) is 7.64.